The highest BCUT2D eigenvalue weighted by Crippen LogP contribution is 2.36. The van der Waals surface area contributed by atoms with E-state index in [9.17, 15) is 8.78 Å². The number of benzene rings is 1. The number of alkyl halides is 1. The lowest BCUT2D eigenvalue weighted by molar-refractivity contribution is 0.374. The molecule has 0 spiro atoms. The Hall–Kier alpha value is -1.69. The molecule has 0 saturated heterocycles. The molecule has 0 unspecified atom stereocenters. The van der Waals surface area contributed by atoms with E-state index in [1.54, 1.807) is 6.07 Å². The summed E-state index contributed by atoms with van der Waals surface area (Å²) in [5.74, 6) is 0.485. The Morgan fingerprint density at radius 2 is 2.00 bits per heavy atom. The monoisotopic (exact) mass is 275 g/mol. The lowest BCUT2D eigenvalue weighted by Crippen LogP contribution is -2.12. The van der Waals surface area contributed by atoms with Gasteiger partial charge in [-0.15, -0.1) is 0 Å². The Kier molecular flexibility index (Phi) is 5.29. The molecular formula is C17H19F2N. The summed E-state index contributed by atoms with van der Waals surface area (Å²) < 4.78 is 25.6. The van der Waals surface area contributed by atoms with E-state index >= 15 is 0 Å². The van der Waals surface area contributed by atoms with Crippen LogP contribution < -0.4 is 0 Å². The molecule has 0 bridgehead atoms. The maximum absolute atomic E-state index is 13.6. The molecule has 2 rings (SSSR count). The SMILES string of the molecule is N#Cc1ccc([C@H]2CC[C@H](C=CCCF)CC2)cc1F. The second kappa shape index (κ2) is 7.19. The zero-order chi connectivity index (χ0) is 14.4. The third kappa shape index (κ3) is 3.66. The lowest BCUT2D eigenvalue weighted by atomic mass is 9.78. The first kappa shape index (κ1) is 14.7. The highest BCUT2D eigenvalue weighted by atomic mass is 19.1. The number of hydrogen-bond acceptors (Lipinski definition) is 1. The summed E-state index contributed by atoms with van der Waals surface area (Å²) in [4.78, 5) is 0. The van der Waals surface area contributed by atoms with Crippen LogP contribution in [0.3, 0.4) is 0 Å². The van der Waals surface area contributed by atoms with E-state index in [4.69, 9.17) is 5.26 Å². The molecule has 1 aromatic rings. The molecule has 1 aliphatic carbocycles. The Morgan fingerprint density at radius 1 is 1.25 bits per heavy atom. The first-order valence-electron chi connectivity index (χ1n) is 7.16. The van der Waals surface area contributed by atoms with Crippen LogP contribution in [-0.2, 0) is 0 Å². The van der Waals surface area contributed by atoms with E-state index in [0.717, 1.165) is 31.2 Å². The largest absolute Gasteiger partial charge is 0.251 e. The van der Waals surface area contributed by atoms with Crippen LogP contribution in [0.2, 0.25) is 0 Å². The summed E-state index contributed by atoms with van der Waals surface area (Å²) >= 11 is 0. The Balaban J connectivity index is 1.94. The quantitative estimate of drug-likeness (QED) is 0.718. The minimum absolute atomic E-state index is 0.108. The number of allylic oxidation sites excluding steroid dienone is 2. The smallest absolute Gasteiger partial charge is 0.141 e. The third-order valence-corrected chi connectivity index (χ3v) is 4.04. The fourth-order valence-corrected chi connectivity index (χ4v) is 2.87. The van der Waals surface area contributed by atoms with E-state index in [0.29, 0.717) is 18.3 Å². The van der Waals surface area contributed by atoms with Crippen LogP contribution in [0.25, 0.3) is 0 Å². The van der Waals surface area contributed by atoms with E-state index in [-0.39, 0.29) is 12.2 Å². The van der Waals surface area contributed by atoms with Crippen LogP contribution in [-0.4, -0.2) is 6.67 Å². The summed E-state index contributed by atoms with van der Waals surface area (Å²) in [6, 6.07) is 6.78. The molecule has 0 radical (unpaired) electrons. The van der Waals surface area contributed by atoms with Crippen molar-refractivity contribution in [2.75, 3.05) is 6.67 Å². The molecule has 1 aromatic carbocycles. The summed E-state index contributed by atoms with van der Waals surface area (Å²) in [6.07, 6.45) is 8.72. The van der Waals surface area contributed by atoms with Crippen LogP contribution in [0.15, 0.2) is 30.4 Å². The number of rotatable bonds is 4. The number of halogens is 2. The average molecular weight is 275 g/mol. The molecule has 106 valence electrons. The highest BCUT2D eigenvalue weighted by Gasteiger charge is 2.21. The summed E-state index contributed by atoms with van der Waals surface area (Å²) in [5, 5.41) is 8.73. The summed E-state index contributed by atoms with van der Waals surface area (Å²) in [7, 11) is 0. The van der Waals surface area contributed by atoms with Gasteiger partial charge in [0.05, 0.1) is 12.2 Å². The van der Waals surface area contributed by atoms with Crippen LogP contribution in [0.5, 0.6) is 0 Å². The molecule has 1 aliphatic rings. The van der Waals surface area contributed by atoms with Crippen LogP contribution in [0.4, 0.5) is 8.78 Å². The topological polar surface area (TPSA) is 23.8 Å². The summed E-state index contributed by atoms with van der Waals surface area (Å²) in [5.41, 5.74) is 1.10. The van der Waals surface area contributed by atoms with Gasteiger partial charge in [0.2, 0.25) is 0 Å². The van der Waals surface area contributed by atoms with E-state index in [1.165, 1.54) is 6.07 Å². The van der Waals surface area contributed by atoms with Crippen molar-refractivity contribution in [3.63, 3.8) is 0 Å². The van der Waals surface area contributed by atoms with Crippen LogP contribution >= 0.6 is 0 Å². The first-order valence-corrected chi connectivity index (χ1v) is 7.16. The Labute approximate surface area is 118 Å². The third-order valence-electron chi connectivity index (χ3n) is 4.04. The first-order chi connectivity index (χ1) is 9.74. The number of hydrogen-bond donors (Lipinski definition) is 0. The second-order valence-electron chi connectivity index (χ2n) is 5.37. The predicted octanol–water partition coefficient (Wildman–Crippen LogP) is 4.89. The maximum Gasteiger partial charge on any atom is 0.141 e. The van der Waals surface area contributed by atoms with Gasteiger partial charge in [-0.05, 0) is 61.6 Å². The van der Waals surface area contributed by atoms with Gasteiger partial charge in [0.25, 0.3) is 0 Å². The van der Waals surface area contributed by atoms with Gasteiger partial charge >= 0.3 is 0 Å². The molecule has 3 heteroatoms. The fraction of sp³-hybridized carbons (Fsp3) is 0.471. The van der Waals surface area contributed by atoms with Crippen molar-refractivity contribution in [2.45, 2.75) is 38.0 Å². The van der Waals surface area contributed by atoms with E-state index in [2.05, 4.69) is 6.08 Å². The zero-order valence-corrected chi connectivity index (χ0v) is 11.5. The molecule has 0 aromatic heterocycles. The number of nitriles is 1. The fourth-order valence-electron chi connectivity index (χ4n) is 2.87. The highest BCUT2D eigenvalue weighted by molar-refractivity contribution is 5.34. The van der Waals surface area contributed by atoms with Crippen molar-refractivity contribution in [2.24, 2.45) is 5.92 Å². The molecule has 1 nitrogen and oxygen atoms in total. The average Bonchev–Trinajstić information content (AvgIpc) is 2.48. The molecule has 1 saturated carbocycles. The number of nitrogens with zero attached hydrogens (tertiary/aromatic N) is 1. The standard InChI is InChI=1S/C17H19F2N/c18-10-2-1-3-13-4-6-14(7-5-13)15-8-9-16(12-20)17(19)11-15/h1,3,8-9,11,13-14H,2,4-7,10H2/t13-,14-. The van der Waals surface area contributed by atoms with Gasteiger partial charge in [0, 0.05) is 0 Å². The van der Waals surface area contributed by atoms with Gasteiger partial charge in [0.15, 0.2) is 0 Å². The van der Waals surface area contributed by atoms with Crippen molar-refractivity contribution in [1.82, 2.24) is 0 Å². The molecule has 0 aliphatic heterocycles. The molecule has 0 heterocycles. The van der Waals surface area contributed by atoms with Crippen molar-refractivity contribution < 1.29 is 8.78 Å². The van der Waals surface area contributed by atoms with Crippen molar-refractivity contribution in [3.05, 3.63) is 47.3 Å². The molecule has 1 fully saturated rings. The molecule has 20 heavy (non-hydrogen) atoms. The van der Waals surface area contributed by atoms with Crippen molar-refractivity contribution in [1.29, 1.82) is 5.26 Å². The molecule has 0 amide bonds. The van der Waals surface area contributed by atoms with Gasteiger partial charge in [-0.3, -0.25) is 4.39 Å². The minimum Gasteiger partial charge on any atom is -0.251 e. The zero-order valence-electron chi connectivity index (χ0n) is 11.5. The van der Waals surface area contributed by atoms with Crippen molar-refractivity contribution >= 4 is 0 Å². The maximum atomic E-state index is 13.6. The van der Waals surface area contributed by atoms with Gasteiger partial charge < -0.3 is 0 Å². The van der Waals surface area contributed by atoms with Crippen LogP contribution in [0, 0.1) is 23.1 Å². The van der Waals surface area contributed by atoms with E-state index in [1.807, 2.05) is 18.2 Å². The van der Waals surface area contributed by atoms with Gasteiger partial charge in [-0.2, -0.15) is 5.26 Å². The molecule has 0 N–H and O–H groups in total. The minimum atomic E-state index is -0.421. The lowest BCUT2D eigenvalue weighted by Gasteiger charge is -2.27. The van der Waals surface area contributed by atoms with E-state index < -0.39 is 5.82 Å². The predicted molar refractivity (Wildman–Crippen MR) is 75.5 cm³/mol. The summed E-state index contributed by atoms with van der Waals surface area (Å²) in [6.45, 7) is -0.295. The normalized spacial score (nSPS) is 22.9. The van der Waals surface area contributed by atoms with Crippen LogP contribution in [0.1, 0.15) is 49.1 Å². The van der Waals surface area contributed by atoms with Crippen molar-refractivity contribution in [3.8, 4) is 6.07 Å². The van der Waals surface area contributed by atoms with Gasteiger partial charge in [0.1, 0.15) is 11.9 Å². The second-order valence-corrected chi connectivity index (χ2v) is 5.37. The van der Waals surface area contributed by atoms with Gasteiger partial charge in [-0.25, -0.2) is 4.39 Å². The Morgan fingerprint density at radius 3 is 2.60 bits per heavy atom. The Bertz CT molecular complexity index is 508. The molecular weight excluding hydrogens is 256 g/mol. The molecule has 0 atom stereocenters. The van der Waals surface area contributed by atoms with Gasteiger partial charge in [-0.1, -0.05) is 18.2 Å².